The second-order valence-corrected chi connectivity index (χ2v) is 20.5. The predicted octanol–water partition coefficient (Wildman–Crippen LogP) is 10.1. The second kappa shape index (κ2) is 23.6. The fourth-order valence-electron chi connectivity index (χ4n) is 9.81. The van der Waals surface area contributed by atoms with Crippen molar-refractivity contribution in [1.82, 2.24) is 24.8 Å². The Labute approximate surface area is 408 Å². The molecule has 0 fully saturated rings. The molecule has 0 aliphatic heterocycles. The first-order valence-corrected chi connectivity index (χ1v) is 25.7. The first-order chi connectivity index (χ1) is 33.3. The summed E-state index contributed by atoms with van der Waals surface area (Å²) in [6.07, 6.45) is 5.48. The molecule has 1 heterocycles. The van der Waals surface area contributed by atoms with Crippen LogP contribution in [0.3, 0.4) is 0 Å². The average Bonchev–Trinajstić information content (AvgIpc) is 3.70. The third kappa shape index (κ3) is 13.6. The first kappa shape index (κ1) is 50.3. The minimum atomic E-state index is -4.04. The zero-order valence-corrected chi connectivity index (χ0v) is 41.5. The van der Waals surface area contributed by atoms with Gasteiger partial charge in [-0.2, -0.15) is 0 Å². The zero-order chi connectivity index (χ0) is 48.9. The fraction of sp³-hybridized carbons (Fsp3) is 0.328. The molecule has 11 heteroatoms. The summed E-state index contributed by atoms with van der Waals surface area (Å²) in [5.41, 5.74) is 6.94. The maximum Gasteiger partial charge on any atom is 0.268 e. The van der Waals surface area contributed by atoms with Crippen LogP contribution >= 0.6 is 0 Å². The highest BCUT2D eigenvalue weighted by atomic mass is 32.2. The molecule has 69 heavy (non-hydrogen) atoms. The van der Waals surface area contributed by atoms with E-state index in [1.807, 2.05) is 113 Å². The lowest BCUT2D eigenvalue weighted by molar-refractivity contribution is -0.127. The number of carbonyl (C=O) groups excluding carboxylic acids is 3. The summed E-state index contributed by atoms with van der Waals surface area (Å²) >= 11 is 0. The molecule has 1 aromatic heterocycles. The maximum absolute atomic E-state index is 14.9. The fourth-order valence-corrected chi connectivity index (χ4v) is 11.6. The van der Waals surface area contributed by atoms with Crippen molar-refractivity contribution in [3.05, 3.63) is 185 Å². The lowest BCUT2D eigenvalue weighted by Gasteiger charge is -2.26. The highest BCUT2D eigenvalue weighted by Gasteiger charge is 2.30. The van der Waals surface area contributed by atoms with Gasteiger partial charge in [-0.15, -0.1) is 0 Å². The number of rotatable bonds is 23. The van der Waals surface area contributed by atoms with E-state index in [0.717, 1.165) is 59.8 Å². The van der Waals surface area contributed by atoms with E-state index in [-0.39, 0.29) is 47.9 Å². The number of aromatic nitrogens is 1. The molecule has 7 rings (SSSR count). The minimum absolute atomic E-state index is 0.0986. The van der Waals surface area contributed by atoms with Gasteiger partial charge in [-0.25, -0.2) is 12.4 Å². The van der Waals surface area contributed by atoms with E-state index < -0.39 is 22.0 Å². The highest BCUT2D eigenvalue weighted by molar-refractivity contribution is 7.90. The van der Waals surface area contributed by atoms with Gasteiger partial charge in [0.15, 0.2) is 0 Å². The van der Waals surface area contributed by atoms with E-state index in [9.17, 15) is 22.8 Å². The van der Waals surface area contributed by atoms with Gasteiger partial charge >= 0.3 is 0 Å². The molecule has 0 saturated carbocycles. The number of nitrogens with one attached hydrogen (secondary N) is 3. The molecule has 10 nitrogen and oxygen atoms in total. The standard InChI is InChI=1S/C58H67N5O5S/c1-41-32-42(2)57(43(3)33-41)69(67,68)63-40-51(53-25-14-15-26-54(53)63)37-50(34-44(4)60-56(65)36-47-27-28-48-22-12-13-23-49(48)35-47)58(66)61-52(29-30-55(64)59-5)24-16-17-31-62(38-45-18-8-6-9-19-45)39-46-20-10-7-11-21-46/h6-15,18-23,25-28,32-33,35,40,44,50,52H,16-17,24,29-31,34,36-39H2,1-5H3,(H,59,64)(H,60,65)(H,61,66)/t44-,50-,52+/m1/s1. The Kier molecular flexibility index (Phi) is 17.2. The molecule has 3 N–H and O–H groups in total. The quantitative estimate of drug-likeness (QED) is 0.0548. The lowest BCUT2D eigenvalue weighted by Crippen LogP contribution is -2.43. The minimum Gasteiger partial charge on any atom is -0.359 e. The van der Waals surface area contributed by atoms with Gasteiger partial charge < -0.3 is 16.0 Å². The van der Waals surface area contributed by atoms with E-state index >= 15 is 0 Å². The molecule has 360 valence electrons. The third-order valence-corrected chi connectivity index (χ3v) is 15.0. The summed E-state index contributed by atoms with van der Waals surface area (Å²) in [4.78, 5) is 43.8. The molecule has 0 aliphatic carbocycles. The van der Waals surface area contributed by atoms with Crippen LogP contribution in [-0.4, -0.2) is 60.7 Å². The number of hydrogen-bond donors (Lipinski definition) is 3. The Morgan fingerprint density at radius 1 is 0.667 bits per heavy atom. The Morgan fingerprint density at radius 2 is 1.29 bits per heavy atom. The number of nitrogens with zero attached hydrogens (tertiary/aromatic N) is 2. The van der Waals surface area contributed by atoms with Crippen LogP contribution in [0.2, 0.25) is 0 Å². The van der Waals surface area contributed by atoms with Crippen molar-refractivity contribution in [1.29, 1.82) is 0 Å². The van der Waals surface area contributed by atoms with Gasteiger partial charge in [-0.1, -0.05) is 145 Å². The smallest absolute Gasteiger partial charge is 0.268 e. The molecule has 0 aliphatic rings. The Morgan fingerprint density at radius 3 is 1.96 bits per heavy atom. The van der Waals surface area contributed by atoms with E-state index in [2.05, 4.69) is 69.4 Å². The number of hydrogen-bond acceptors (Lipinski definition) is 6. The largest absolute Gasteiger partial charge is 0.359 e. The summed E-state index contributed by atoms with van der Waals surface area (Å²) in [5, 5.41) is 12.2. The van der Waals surface area contributed by atoms with E-state index in [1.165, 1.54) is 15.1 Å². The molecular weight excluding hydrogens is 879 g/mol. The van der Waals surface area contributed by atoms with Crippen molar-refractivity contribution in [2.75, 3.05) is 13.6 Å². The van der Waals surface area contributed by atoms with Gasteiger partial charge in [0.25, 0.3) is 10.0 Å². The van der Waals surface area contributed by atoms with Crippen LogP contribution in [0.4, 0.5) is 0 Å². The van der Waals surface area contributed by atoms with Gasteiger partial charge in [0.1, 0.15) is 0 Å². The number of aryl methyl sites for hydroxylation is 3. The molecular formula is C58H67N5O5S. The van der Waals surface area contributed by atoms with Crippen LogP contribution in [0.5, 0.6) is 0 Å². The SMILES string of the molecule is CNC(=O)CC[C@H](CCCCN(Cc1ccccc1)Cc1ccccc1)NC(=O)[C@@H](Cc1cn(S(=O)(=O)c2c(C)cc(C)cc2C)c2ccccc12)C[C@@H](C)NC(=O)Cc1ccc2ccccc2c1. The Hall–Kier alpha value is -6.56. The third-order valence-electron chi connectivity index (χ3n) is 13.1. The number of benzene rings is 6. The zero-order valence-electron chi connectivity index (χ0n) is 40.7. The van der Waals surface area contributed by atoms with Crippen molar-refractivity contribution in [2.24, 2.45) is 5.92 Å². The molecule has 6 aromatic carbocycles. The second-order valence-electron chi connectivity index (χ2n) is 18.8. The lowest BCUT2D eigenvalue weighted by atomic mass is 9.91. The Balaban J connectivity index is 1.12. The van der Waals surface area contributed by atoms with Crippen LogP contribution in [0.25, 0.3) is 21.7 Å². The molecule has 0 radical (unpaired) electrons. The molecule has 0 bridgehead atoms. The topological polar surface area (TPSA) is 130 Å². The van der Waals surface area contributed by atoms with Gasteiger partial charge in [0, 0.05) is 56.1 Å². The van der Waals surface area contributed by atoms with Gasteiger partial charge in [0.2, 0.25) is 17.7 Å². The van der Waals surface area contributed by atoms with Crippen LogP contribution < -0.4 is 16.0 Å². The van der Waals surface area contributed by atoms with Crippen molar-refractivity contribution < 1.29 is 22.8 Å². The van der Waals surface area contributed by atoms with Gasteiger partial charge in [-0.3, -0.25) is 19.3 Å². The van der Waals surface area contributed by atoms with Crippen LogP contribution in [0.15, 0.2) is 151 Å². The molecule has 0 spiro atoms. The van der Waals surface area contributed by atoms with E-state index in [0.29, 0.717) is 41.5 Å². The number of para-hydroxylation sites is 1. The van der Waals surface area contributed by atoms with Crippen molar-refractivity contribution >= 4 is 49.4 Å². The summed E-state index contributed by atoms with van der Waals surface area (Å²) < 4.78 is 30.6. The number of fused-ring (bicyclic) bond motifs is 2. The number of unbranched alkanes of at least 4 members (excludes halogenated alkanes) is 1. The number of amides is 3. The maximum atomic E-state index is 14.9. The molecule has 0 saturated heterocycles. The molecule has 7 aromatic rings. The van der Waals surface area contributed by atoms with E-state index in [1.54, 1.807) is 19.3 Å². The highest BCUT2D eigenvalue weighted by Crippen LogP contribution is 2.32. The predicted molar refractivity (Wildman–Crippen MR) is 278 cm³/mol. The Bertz CT molecular complexity index is 2910. The summed E-state index contributed by atoms with van der Waals surface area (Å²) in [7, 11) is -2.42. The molecule has 0 unspecified atom stereocenters. The van der Waals surface area contributed by atoms with Gasteiger partial charge in [-0.05, 0) is 117 Å². The summed E-state index contributed by atoms with van der Waals surface area (Å²) in [6, 6.07) is 45.5. The van der Waals surface area contributed by atoms with Crippen molar-refractivity contribution in [2.45, 2.75) is 109 Å². The van der Waals surface area contributed by atoms with Crippen molar-refractivity contribution in [3.8, 4) is 0 Å². The molecule has 3 atom stereocenters. The van der Waals surface area contributed by atoms with Crippen LogP contribution in [0, 0.1) is 26.7 Å². The van der Waals surface area contributed by atoms with Crippen LogP contribution in [-0.2, 0) is 50.3 Å². The number of carbonyl (C=O) groups is 3. The summed E-state index contributed by atoms with van der Waals surface area (Å²) in [6.45, 7) is 9.99. The first-order valence-electron chi connectivity index (χ1n) is 24.3. The van der Waals surface area contributed by atoms with Crippen LogP contribution in [0.1, 0.15) is 84.4 Å². The summed E-state index contributed by atoms with van der Waals surface area (Å²) in [5.74, 6) is -1.10. The monoisotopic (exact) mass is 945 g/mol. The average molecular weight is 946 g/mol. The van der Waals surface area contributed by atoms with Gasteiger partial charge in [0.05, 0.1) is 16.8 Å². The van der Waals surface area contributed by atoms with E-state index in [4.69, 9.17) is 0 Å². The molecule has 3 amide bonds. The van der Waals surface area contributed by atoms with Crippen molar-refractivity contribution in [3.63, 3.8) is 0 Å². The normalized spacial score (nSPS) is 13.0.